The quantitative estimate of drug-likeness (QED) is 0.321. The summed E-state index contributed by atoms with van der Waals surface area (Å²) in [4.78, 5) is 25.5. The number of ketones is 1. The van der Waals surface area contributed by atoms with Gasteiger partial charge in [-0.25, -0.2) is 0 Å². The van der Waals surface area contributed by atoms with E-state index in [9.17, 15) is 14.7 Å². The Bertz CT molecular complexity index is 874. The number of carboxylic acid groups (broad SMARTS) is 1. The van der Waals surface area contributed by atoms with Gasteiger partial charge in [0.05, 0.1) is 6.10 Å². The van der Waals surface area contributed by atoms with Crippen LogP contribution in [-0.2, 0) is 19.1 Å². The van der Waals surface area contributed by atoms with Gasteiger partial charge in [0, 0.05) is 18.9 Å². The molecule has 5 rings (SSSR count). The number of allylic oxidation sites excluding steroid dienone is 2. The number of aliphatic carboxylic acids is 1. The minimum absolute atomic E-state index is 0.0665. The van der Waals surface area contributed by atoms with Crippen LogP contribution in [0, 0.1) is 46.3 Å². The van der Waals surface area contributed by atoms with E-state index in [4.69, 9.17) is 9.47 Å². The third kappa shape index (κ3) is 4.40. The molecule has 5 aliphatic rings. The van der Waals surface area contributed by atoms with Crippen molar-refractivity contribution in [3.05, 3.63) is 11.6 Å². The fourth-order valence-corrected chi connectivity index (χ4v) is 9.86. The zero-order valence-electron chi connectivity index (χ0n) is 23.0. The predicted molar refractivity (Wildman–Crippen MR) is 139 cm³/mol. The molecule has 0 spiro atoms. The first-order chi connectivity index (χ1) is 17.2. The molecule has 0 amide bonds. The maximum absolute atomic E-state index is 14.2. The molecule has 6 unspecified atom stereocenters. The van der Waals surface area contributed by atoms with E-state index in [1.54, 1.807) is 0 Å². The predicted octanol–water partition coefficient (Wildman–Crippen LogP) is 6.79. The molecule has 202 valence electrons. The lowest BCUT2D eigenvalue weighted by Gasteiger charge is -2.61. The molecule has 4 saturated carbocycles. The van der Waals surface area contributed by atoms with Crippen molar-refractivity contribution < 1.29 is 24.2 Å². The Hall–Kier alpha value is -1.20. The van der Waals surface area contributed by atoms with Gasteiger partial charge >= 0.3 is 5.97 Å². The Morgan fingerprint density at radius 2 is 1.86 bits per heavy atom. The van der Waals surface area contributed by atoms with E-state index >= 15 is 0 Å². The van der Waals surface area contributed by atoms with Crippen molar-refractivity contribution >= 4 is 11.8 Å². The summed E-state index contributed by atoms with van der Waals surface area (Å²) in [7, 11) is 0. The lowest BCUT2D eigenvalue weighted by molar-refractivity contribution is -0.207. The van der Waals surface area contributed by atoms with Crippen LogP contribution in [0.4, 0.5) is 0 Å². The Kier molecular flexibility index (Phi) is 7.46. The molecule has 5 heteroatoms. The summed E-state index contributed by atoms with van der Waals surface area (Å²) in [6.07, 6.45) is 14.3. The van der Waals surface area contributed by atoms with Crippen LogP contribution < -0.4 is 0 Å². The van der Waals surface area contributed by atoms with Gasteiger partial charge in [0.25, 0.3) is 0 Å². The van der Waals surface area contributed by atoms with Gasteiger partial charge in [-0.1, -0.05) is 26.8 Å². The highest BCUT2D eigenvalue weighted by molar-refractivity contribution is 5.99. The monoisotopic (exact) mass is 500 g/mol. The lowest BCUT2D eigenvalue weighted by atomic mass is 9.43. The molecule has 10 atom stereocenters. The molecule has 0 radical (unpaired) electrons. The first-order valence-corrected chi connectivity index (χ1v) is 14.9. The number of carboxylic acids is 1. The Labute approximate surface area is 217 Å². The van der Waals surface area contributed by atoms with Crippen LogP contribution in [-0.4, -0.2) is 35.9 Å². The second-order valence-electron chi connectivity index (χ2n) is 13.4. The van der Waals surface area contributed by atoms with Crippen molar-refractivity contribution in [1.29, 1.82) is 0 Å². The molecule has 1 aliphatic heterocycles. The maximum Gasteiger partial charge on any atom is 0.303 e. The van der Waals surface area contributed by atoms with E-state index in [1.807, 2.05) is 0 Å². The number of fused-ring (bicyclic) bond motifs is 5. The standard InChI is InChI=1S/C31H48O5/c1-5-21-25-18-20(36-27-8-6-7-17-35-27)13-15-31(25,4)24-14-16-30(3)22(19(2)9-12-26(32)33)10-11-23(30)28(24)29(21)34/h5,19-20,22-25,27-28H,6-18H2,1-4H3,(H,32,33)/b21-5-/t19-,20-,22?,23?,24?,25?,27?,28?,30-,31-/m1/s1. The lowest BCUT2D eigenvalue weighted by Crippen LogP contribution is -2.58. The van der Waals surface area contributed by atoms with E-state index in [0.29, 0.717) is 29.5 Å². The molecule has 0 aromatic heterocycles. The second-order valence-corrected chi connectivity index (χ2v) is 13.4. The Balaban J connectivity index is 1.36. The summed E-state index contributed by atoms with van der Waals surface area (Å²) in [5.41, 5.74) is 1.38. The van der Waals surface area contributed by atoms with E-state index in [-0.39, 0.29) is 41.5 Å². The van der Waals surface area contributed by atoms with Crippen LogP contribution in [0.2, 0.25) is 0 Å². The van der Waals surface area contributed by atoms with Gasteiger partial charge in [-0.3, -0.25) is 9.59 Å². The first kappa shape index (κ1) is 26.4. The van der Waals surface area contributed by atoms with Crippen molar-refractivity contribution in [3.8, 4) is 0 Å². The fourth-order valence-electron chi connectivity index (χ4n) is 9.86. The van der Waals surface area contributed by atoms with E-state index < -0.39 is 5.97 Å². The number of carbonyl (C=O) groups excluding carboxylic acids is 1. The molecule has 5 fully saturated rings. The third-order valence-electron chi connectivity index (χ3n) is 11.7. The molecular weight excluding hydrogens is 452 g/mol. The molecule has 1 N–H and O–H groups in total. The van der Waals surface area contributed by atoms with Gasteiger partial charge in [-0.05, 0) is 124 Å². The fraction of sp³-hybridized carbons (Fsp3) is 0.871. The highest BCUT2D eigenvalue weighted by Crippen LogP contribution is 2.68. The van der Waals surface area contributed by atoms with Crippen molar-refractivity contribution in [3.63, 3.8) is 0 Å². The summed E-state index contributed by atoms with van der Waals surface area (Å²) in [6.45, 7) is 10.0. The highest BCUT2D eigenvalue weighted by atomic mass is 16.7. The molecule has 4 aliphatic carbocycles. The molecule has 0 bridgehead atoms. The average molecular weight is 501 g/mol. The average Bonchev–Trinajstić information content (AvgIpc) is 3.21. The largest absolute Gasteiger partial charge is 0.481 e. The first-order valence-electron chi connectivity index (χ1n) is 14.9. The van der Waals surface area contributed by atoms with Gasteiger partial charge < -0.3 is 14.6 Å². The van der Waals surface area contributed by atoms with E-state index in [0.717, 1.165) is 70.0 Å². The molecular formula is C31H48O5. The highest BCUT2D eigenvalue weighted by Gasteiger charge is 2.64. The van der Waals surface area contributed by atoms with Gasteiger partial charge in [0.1, 0.15) is 0 Å². The van der Waals surface area contributed by atoms with Crippen LogP contribution in [0.3, 0.4) is 0 Å². The van der Waals surface area contributed by atoms with Gasteiger partial charge in [-0.15, -0.1) is 0 Å². The van der Waals surface area contributed by atoms with Crippen molar-refractivity contribution in [2.75, 3.05) is 6.61 Å². The molecule has 0 aromatic carbocycles. The van der Waals surface area contributed by atoms with Crippen molar-refractivity contribution in [1.82, 2.24) is 0 Å². The summed E-state index contributed by atoms with van der Waals surface area (Å²) in [6, 6.07) is 0. The third-order valence-corrected chi connectivity index (χ3v) is 11.7. The number of hydrogen-bond donors (Lipinski definition) is 1. The Morgan fingerprint density at radius 3 is 2.56 bits per heavy atom. The number of hydrogen-bond acceptors (Lipinski definition) is 4. The summed E-state index contributed by atoms with van der Waals surface area (Å²) < 4.78 is 12.3. The number of rotatable bonds is 6. The van der Waals surface area contributed by atoms with Gasteiger partial charge in [0.2, 0.25) is 0 Å². The maximum atomic E-state index is 14.2. The van der Waals surface area contributed by atoms with E-state index in [2.05, 4.69) is 33.8 Å². The van der Waals surface area contributed by atoms with Crippen LogP contribution >= 0.6 is 0 Å². The molecule has 36 heavy (non-hydrogen) atoms. The molecule has 1 saturated heterocycles. The molecule has 1 heterocycles. The second kappa shape index (κ2) is 10.2. The van der Waals surface area contributed by atoms with Crippen molar-refractivity contribution in [2.24, 2.45) is 46.3 Å². The number of ether oxygens (including phenoxy) is 2. The minimum atomic E-state index is -0.695. The van der Waals surface area contributed by atoms with Gasteiger partial charge in [0.15, 0.2) is 12.1 Å². The summed E-state index contributed by atoms with van der Waals surface area (Å²) in [5, 5.41) is 9.23. The van der Waals surface area contributed by atoms with Crippen LogP contribution in [0.1, 0.15) is 105 Å². The topological polar surface area (TPSA) is 72.8 Å². The minimum Gasteiger partial charge on any atom is -0.481 e. The van der Waals surface area contributed by atoms with Crippen LogP contribution in [0.5, 0.6) is 0 Å². The number of carbonyl (C=O) groups is 2. The number of Topliss-reactive ketones (excluding diaryl/α,β-unsaturated/α-hetero) is 1. The smallest absolute Gasteiger partial charge is 0.303 e. The SMILES string of the molecule is C/C=C1\C(=O)C2C(CC[C@@]3(C)C2CCC3[C@H](C)CCC(=O)O)[C@@]2(C)CC[C@@H](OC3CCCCO3)CC12. The zero-order chi connectivity index (χ0) is 25.7. The zero-order valence-corrected chi connectivity index (χ0v) is 23.0. The van der Waals surface area contributed by atoms with Crippen molar-refractivity contribution in [2.45, 2.75) is 117 Å². The summed E-state index contributed by atoms with van der Waals surface area (Å²) in [5.74, 6) is 1.95. The van der Waals surface area contributed by atoms with Gasteiger partial charge in [-0.2, -0.15) is 0 Å². The normalized spacial score (nSPS) is 46.6. The molecule has 5 nitrogen and oxygen atoms in total. The summed E-state index contributed by atoms with van der Waals surface area (Å²) >= 11 is 0. The Morgan fingerprint density at radius 1 is 1.11 bits per heavy atom. The molecule has 0 aromatic rings. The van der Waals surface area contributed by atoms with Crippen LogP contribution in [0.25, 0.3) is 0 Å². The van der Waals surface area contributed by atoms with E-state index in [1.165, 1.54) is 12.8 Å². The van der Waals surface area contributed by atoms with Crippen LogP contribution in [0.15, 0.2) is 11.6 Å².